The number of esters is 2. The number of ether oxygens (including phenoxy) is 4. The van der Waals surface area contributed by atoms with Crippen LogP contribution in [0.4, 0.5) is 11.4 Å². The van der Waals surface area contributed by atoms with Gasteiger partial charge in [0.1, 0.15) is 11.5 Å². The van der Waals surface area contributed by atoms with Gasteiger partial charge in [-0.1, -0.05) is 11.6 Å². The number of hydrogen-bond acceptors (Lipinski definition) is 9. The first-order valence-corrected chi connectivity index (χ1v) is 12.6. The average Bonchev–Trinajstić information content (AvgIpc) is 2.91. The number of amides is 1. The number of benzene rings is 3. The zero-order valence-corrected chi connectivity index (χ0v) is 22.0. The van der Waals surface area contributed by atoms with Crippen LogP contribution >= 0.6 is 11.6 Å². The molecule has 0 aliphatic carbocycles. The van der Waals surface area contributed by atoms with Crippen molar-refractivity contribution in [1.29, 1.82) is 0 Å². The highest BCUT2D eigenvalue weighted by Crippen LogP contribution is 2.29. The molecule has 1 amide bonds. The number of sulfonamides is 1. The Bertz CT molecular complexity index is 1420. The standard InChI is InChI=1S/C25H23ClN2O9S/c1-34-19-6-4-17(5-7-19)28-38(32,33)20-8-9-22(21(26)13-20)37-14-23(29)27-18-11-15(24(30)35-2)10-16(12-18)25(31)36-3/h4-13,28H,14H2,1-3H3,(H,27,29). The van der Waals surface area contributed by atoms with E-state index in [9.17, 15) is 22.8 Å². The maximum Gasteiger partial charge on any atom is 0.337 e. The molecule has 0 aliphatic rings. The highest BCUT2D eigenvalue weighted by Gasteiger charge is 2.18. The molecule has 0 heterocycles. The van der Waals surface area contributed by atoms with E-state index in [4.69, 9.17) is 21.1 Å². The monoisotopic (exact) mass is 562 g/mol. The summed E-state index contributed by atoms with van der Waals surface area (Å²) in [5, 5.41) is 2.46. The van der Waals surface area contributed by atoms with Gasteiger partial charge in [0.15, 0.2) is 6.61 Å². The second kappa shape index (κ2) is 12.3. The molecule has 0 unspecified atom stereocenters. The van der Waals surface area contributed by atoms with Crippen molar-refractivity contribution < 1.29 is 41.7 Å². The summed E-state index contributed by atoms with van der Waals surface area (Å²) < 4.78 is 47.7. The molecule has 13 heteroatoms. The molecule has 3 aromatic rings. The molecule has 38 heavy (non-hydrogen) atoms. The molecule has 3 aromatic carbocycles. The summed E-state index contributed by atoms with van der Waals surface area (Å²) in [7, 11) is -0.108. The summed E-state index contributed by atoms with van der Waals surface area (Å²) in [4.78, 5) is 36.1. The number of anilines is 2. The number of nitrogens with one attached hydrogen (secondary N) is 2. The van der Waals surface area contributed by atoms with Crippen LogP contribution in [0.25, 0.3) is 0 Å². The topological polar surface area (TPSA) is 146 Å². The number of methoxy groups -OCH3 is 3. The van der Waals surface area contributed by atoms with Crippen LogP contribution in [0.3, 0.4) is 0 Å². The van der Waals surface area contributed by atoms with Crippen molar-refractivity contribution >= 4 is 50.8 Å². The third kappa shape index (κ3) is 7.14. The van der Waals surface area contributed by atoms with Crippen LogP contribution in [0, 0.1) is 0 Å². The van der Waals surface area contributed by atoms with Gasteiger partial charge in [-0.15, -0.1) is 0 Å². The van der Waals surface area contributed by atoms with E-state index in [1.807, 2.05) is 0 Å². The molecule has 0 saturated carbocycles. The van der Waals surface area contributed by atoms with E-state index >= 15 is 0 Å². The zero-order chi connectivity index (χ0) is 27.9. The molecule has 0 aromatic heterocycles. The minimum atomic E-state index is -3.96. The van der Waals surface area contributed by atoms with Gasteiger partial charge in [-0.05, 0) is 60.7 Å². The number of halogens is 1. The molecule has 0 fully saturated rings. The first-order valence-electron chi connectivity index (χ1n) is 10.8. The lowest BCUT2D eigenvalue weighted by Gasteiger charge is -2.12. The van der Waals surface area contributed by atoms with Gasteiger partial charge in [0.2, 0.25) is 0 Å². The first kappa shape index (κ1) is 28.3. The fraction of sp³-hybridized carbons (Fsp3) is 0.160. The number of carbonyl (C=O) groups excluding carboxylic acids is 3. The SMILES string of the molecule is COC(=O)c1cc(NC(=O)COc2ccc(S(=O)(=O)Nc3ccc(OC)cc3)cc2Cl)cc(C(=O)OC)c1. The van der Waals surface area contributed by atoms with Crippen LogP contribution in [0.15, 0.2) is 65.6 Å². The Kier molecular flexibility index (Phi) is 9.16. The van der Waals surface area contributed by atoms with Crippen LogP contribution in [0.5, 0.6) is 11.5 Å². The van der Waals surface area contributed by atoms with Crippen molar-refractivity contribution in [3.8, 4) is 11.5 Å². The summed E-state index contributed by atoms with van der Waals surface area (Å²) in [5.41, 5.74) is 0.494. The van der Waals surface area contributed by atoms with Gasteiger partial charge < -0.3 is 24.3 Å². The summed E-state index contributed by atoms with van der Waals surface area (Å²) in [5.74, 6) is -1.45. The Labute approximate surface area is 223 Å². The molecule has 0 radical (unpaired) electrons. The smallest absolute Gasteiger partial charge is 0.337 e. The van der Waals surface area contributed by atoms with Crippen LogP contribution < -0.4 is 19.5 Å². The van der Waals surface area contributed by atoms with Crippen molar-refractivity contribution in [3.63, 3.8) is 0 Å². The molecule has 2 N–H and O–H groups in total. The van der Waals surface area contributed by atoms with E-state index in [0.717, 1.165) is 0 Å². The van der Waals surface area contributed by atoms with Gasteiger partial charge >= 0.3 is 11.9 Å². The van der Waals surface area contributed by atoms with Crippen LogP contribution in [0.1, 0.15) is 20.7 Å². The summed E-state index contributed by atoms with van der Waals surface area (Å²) in [6.07, 6.45) is 0. The maximum absolute atomic E-state index is 12.7. The van der Waals surface area contributed by atoms with Crippen LogP contribution in [0.2, 0.25) is 5.02 Å². The Morgan fingerprint density at radius 1 is 0.816 bits per heavy atom. The van der Waals surface area contributed by atoms with E-state index in [1.165, 1.54) is 57.7 Å². The Balaban J connectivity index is 1.68. The molecular weight excluding hydrogens is 540 g/mol. The minimum absolute atomic E-state index is 0.0229. The van der Waals surface area contributed by atoms with Gasteiger partial charge in [0.05, 0.1) is 42.4 Å². The van der Waals surface area contributed by atoms with Crippen molar-refractivity contribution in [1.82, 2.24) is 0 Å². The summed E-state index contributed by atoms with van der Waals surface area (Å²) in [6, 6.07) is 14.0. The normalized spacial score (nSPS) is 10.7. The van der Waals surface area contributed by atoms with Crippen LogP contribution in [-0.4, -0.2) is 54.2 Å². The van der Waals surface area contributed by atoms with E-state index in [-0.39, 0.29) is 32.5 Å². The fourth-order valence-corrected chi connectivity index (χ4v) is 4.53. The van der Waals surface area contributed by atoms with Crippen molar-refractivity contribution in [3.05, 3.63) is 76.8 Å². The first-order chi connectivity index (χ1) is 18.1. The largest absolute Gasteiger partial charge is 0.497 e. The van der Waals surface area contributed by atoms with E-state index < -0.39 is 34.5 Å². The molecule has 0 saturated heterocycles. The molecule has 0 bridgehead atoms. The lowest BCUT2D eigenvalue weighted by atomic mass is 10.1. The van der Waals surface area contributed by atoms with E-state index in [1.54, 1.807) is 24.3 Å². The maximum atomic E-state index is 12.7. The lowest BCUT2D eigenvalue weighted by Crippen LogP contribution is -2.21. The molecule has 0 atom stereocenters. The predicted octanol–water partition coefficient (Wildman–Crippen LogP) is 3.74. The third-order valence-corrected chi connectivity index (χ3v) is 6.65. The van der Waals surface area contributed by atoms with Crippen molar-refractivity contribution in [2.24, 2.45) is 0 Å². The number of hydrogen-bond donors (Lipinski definition) is 2. The zero-order valence-electron chi connectivity index (χ0n) is 20.4. The third-order valence-electron chi connectivity index (χ3n) is 4.97. The van der Waals surface area contributed by atoms with Gasteiger partial charge in [0.25, 0.3) is 15.9 Å². The summed E-state index contributed by atoms with van der Waals surface area (Å²) >= 11 is 6.20. The fourth-order valence-electron chi connectivity index (χ4n) is 3.15. The summed E-state index contributed by atoms with van der Waals surface area (Å²) in [6.45, 7) is -0.508. The molecule has 11 nitrogen and oxygen atoms in total. The van der Waals surface area contributed by atoms with Gasteiger partial charge in [-0.2, -0.15) is 0 Å². The predicted molar refractivity (Wildman–Crippen MR) is 139 cm³/mol. The highest BCUT2D eigenvalue weighted by atomic mass is 35.5. The lowest BCUT2D eigenvalue weighted by molar-refractivity contribution is -0.118. The Hall–Kier alpha value is -4.29. The van der Waals surface area contributed by atoms with Gasteiger partial charge in [-0.25, -0.2) is 18.0 Å². The molecule has 3 rings (SSSR count). The Morgan fingerprint density at radius 2 is 1.42 bits per heavy atom. The Morgan fingerprint density at radius 3 is 1.95 bits per heavy atom. The molecule has 0 spiro atoms. The average molecular weight is 563 g/mol. The van der Waals surface area contributed by atoms with Gasteiger partial charge in [0, 0.05) is 11.4 Å². The van der Waals surface area contributed by atoms with E-state index in [0.29, 0.717) is 11.4 Å². The van der Waals surface area contributed by atoms with Gasteiger partial charge in [-0.3, -0.25) is 9.52 Å². The highest BCUT2D eigenvalue weighted by molar-refractivity contribution is 7.92. The van der Waals surface area contributed by atoms with E-state index in [2.05, 4.69) is 19.5 Å². The van der Waals surface area contributed by atoms with Crippen molar-refractivity contribution in [2.75, 3.05) is 38.0 Å². The van der Waals surface area contributed by atoms with Crippen molar-refractivity contribution in [2.45, 2.75) is 4.90 Å². The second-order valence-corrected chi connectivity index (χ2v) is 9.63. The second-order valence-electron chi connectivity index (χ2n) is 7.55. The number of rotatable bonds is 10. The van der Waals surface area contributed by atoms with Crippen LogP contribution in [-0.2, 0) is 24.3 Å². The molecule has 200 valence electrons. The quantitative estimate of drug-likeness (QED) is 0.353. The number of carbonyl (C=O) groups is 3. The molecular formula is C25H23ClN2O9S. The minimum Gasteiger partial charge on any atom is -0.497 e. The molecule has 0 aliphatic heterocycles.